The number of ether oxygens (including phenoxy) is 1. The fourth-order valence-electron chi connectivity index (χ4n) is 1.58. The SMILES string of the molecule is COCCNC(=O)CCNC(=O)c1cc(N)cc(N)c1. The summed E-state index contributed by atoms with van der Waals surface area (Å²) in [5, 5.41) is 5.29. The fraction of sp³-hybridized carbons (Fsp3) is 0.385. The van der Waals surface area contributed by atoms with Crippen molar-refractivity contribution in [2.75, 3.05) is 38.3 Å². The molecule has 0 unspecified atom stereocenters. The van der Waals surface area contributed by atoms with Gasteiger partial charge in [0.25, 0.3) is 5.91 Å². The predicted octanol–water partition coefficient (Wildman–Crippen LogP) is -0.266. The van der Waals surface area contributed by atoms with Gasteiger partial charge >= 0.3 is 0 Å². The monoisotopic (exact) mass is 280 g/mol. The molecule has 0 heterocycles. The zero-order valence-corrected chi connectivity index (χ0v) is 11.4. The van der Waals surface area contributed by atoms with Crippen molar-refractivity contribution >= 4 is 23.2 Å². The summed E-state index contributed by atoms with van der Waals surface area (Å²) < 4.78 is 4.81. The molecule has 20 heavy (non-hydrogen) atoms. The molecule has 1 aromatic carbocycles. The summed E-state index contributed by atoms with van der Waals surface area (Å²) in [5.74, 6) is -0.455. The lowest BCUT2D eigenvalue weighted by Gasteiger charge is -2.07. The van der Waals surface area contributed by atoms with Crippen molar-refractivity contribution in [3.05, 3.63) is 23.8 Å². The fourth-order valence-corrected chi connectivity index (χ4v) is 1.58. The topological polar surface area (TPSA) is 119 Å². The first-order valence-electron chi connectivity index (χ1n) is 6.23. The van der Waals surface area contributed by atoms with Crippen LogP contribution in [0, 0.1) is 0 Å². The van der Waals surface area contributed by atoms with E-state index in [-0.39, 0.29) is 24.8 Å². The van der Waals surface area contributed by atoms with Crippen LogP contribution in [0.3, 0.4) is 0 Å². The van der Waals surface area contributed by atoms with Crippen LogP contribution < -0.4 is 22.1 Å². The summed E-state index contributed by atoms with van der Waals surface area (Å²) in [6, 6.07) is 4.63. The highest BCUT2D eigenvalue weighted by atomic mass is 16.5. The minimum atomic E-state index is -0.311. The van der Waals surface area contributed by atoms with Crippen molar-refractivity contribution in [1.82, 2.24) is 10.6 Å². The highest BCUT2D eigenvalue weighted by Crippen LogP contribution is 2.13. The standard InChI is InChI=1S/C13H20N4O3/c1-20-5-4-16-12(18)2-3-17-13(19)9-6-10(14)8-11(15)7-9/h6-8H,2-5,14-15H2,1H3,(H,16,18)(H,17,19). The van der Waals surface area contributed by atoms with Crippen LogP contribution in [0.4, 0.5) is 11.4 Å². The maximum absolute atomic E-state index is 11.8. The van der Waals surface area contributed by atoms with Gasteiger partial charge in [0.15, 0.2) is 0 Å². The first-order chi connectivity index (χ1) is 9.52. The normalized spacial score (nSPS) is 10.1. The Morgan fingerprint density at radius 1 is 1.10 bits per heavy atom. The Morgan fingerprint density at radius 2 is 1.75 bits per heavy atom. The van der Waals surface area contributed by atoms with Crippen LogP contribution in [-0.4, -0.2) is 38.6 Å². The van der Waals surface area contributed by atoms with E-state index in [2.05, 4.69) is 10.6 Å². The van der Waals surface area contributed by atoms with Gasteiger partial charge in [0.2, 0.25) is 5.91 Å². The summed E-state index contributed by atoms with van der Waals surface area (Å²) in [6.45, 7) is 1.15. The number of hydrogen-bond donors (Lipinski definition) is 4. The number of carbonyl (C=O) groups is 2. The molecule has 2 amide bonds. The molecule has 7 heteroatoms. The van der Waals surface area contributed by atoms with E-state index in [1.807, 2.05) is 0 Å². The maximum Gasteiger partial charge on any atom is 0.251 e. The highest BCUT2D eigenvalue weighted by molar-refractivity contribution is 5.96. The minimum absolute atomic E-state index is 0.144. The van der Waals surface area contributed by atoms with Gasteiger partial charge in [0, 0.05) is 43.6 Å². The number of nitrogens with one attached hydrogen (secondary N) is 2. The van der Waals surface area contributed by atoms with Gasteiger partial charge in [-0.1, -0.05) is 0 Å². The molecular formula is C13H20N4O3. The molecule has 0 aliphatic heterocycles. The first-order valence-corrected chi connectivity index (χ1v) is 6.23. The van der Waals surface area contributed by atoms with E-state index in [9.17, 15) is 9.59 Å². The van der Waals surface area contributed by atoms with Crippen LogP contribution in [0.5, 0.6) is 0 Å². The third-order valence-corrected chi connectivity index (χ3v) is 2.51. The smallest absolute Gasteiger partial charge is 0.251 e. The van der Waals surface area contributed by atoms with Gasteiger partial charge in [-0.2, -0.15) is 0 Å². The van der Waals surface area contributed by atoms with E-state index in [1.54, 1.807) is 13.2 Å². The van der Waals surface area contributed by atoms with Crippen LogP contribution in [0.1, 0.15) is 16.8 Å². The Morgan fingerprint density at radius 3 is 2.35 bits per heavy atom. The quantitative estimate of drug-likeness (QED) is 0.405. The summed E-state index contributed by atoms with van der Waals surface area (Å²) in [5.41, 5.74) is 12.4. The number of nitrogens with two attached hydrogens (primary N) is 2. The zero-order chi connectivity index (χ0) is 15.0. The molecule has 0 aromatic heterocycles. The highest BCUT2D eigenvalue weighted by Gasteiger charge is 2.08. The Bertz CT molecular complexity index is 456. The lowest BCUT2D eigenvalue weighted by molar-refractivity contribution is -0.121. The van der Waals surface area contributed by atoms with E-state index < -0.39 is 0 Å². The zero-order valence-electron chi connectivity index (χ0n) is 11.4. The molecule has 7 nitrogen and oxygen atoms in total. The molecule has 0 atom stereocenters. The van der Waals surface area contributed by atoms with Crippen LogP contribution >= 0.6 is 0 Å². The van der Waals surface area contributed by atoms with Crippen molar-refractivity contribution in [2.24, 2.45) is 0 Å². The Kier molecular flexibility index (Phi) is 6.31. The Balaban J connectivity index is 2.34. The second-order valence-corrected chi connectivity index (χ2v) is 4.24. The number of carbonyl (C=O) groups excluding carboxylic acids is 2. The number of amides is 2. The predicted molar refractivity (Wildman–Crippen MR) is 77.1 cm³/mol. The molecule has 110 valence electrons. The molecule has 0 saturated heterocycles. The molecular weight excluding hydrogens is 260 g/mol. The molecule has 0 aliphatic carbocycles. The number of rotatable bonds is 7. The number of hydrogen-bond acceptors (Lipinski definition) is 5. The van der Waals surface area contributed by atoms with Gasteiger partial charge in [-0.25, -0.2) is 0 Å². The average molecular weight is 280 g/mol. The van der Waals surface area contributed by atoms with Crippen molar-refractivity contribution < 1.29 is 14.3 Å². The third-order valence-electron chi connectivity index (χ3n) is 2.51. The molecule has 1 rings (SSSR count). The first kappa shape index (κ1) is 15.8. The maximum atomic E-state index is 11.8. The van der Waals surface area contributed by atoms with Crippen molar-refractivity contribution in [3.8, 4) is 0 Å². The van der Waals surface area contributed by atoms with Crippen molar-refractivity contribution in [1.29, 1.82) is 0 Å². The van der Waals surface area contributed by atoms with E-state index >= 15 is 0 Å². The van der Waals surface area contributed by atoms with E-state index in [1.165, 1.54) is 12.1 Å². The second kappa shape index (κ2) is 8.00. The van der Waals surface area contributed by atoms with E-state index in [0.717, 1.165) is 0 Å². The summed E-state index contributed by atoms with van der Waals surface area (Å²) in [4.78, 5) is 23.2. The van der Waals surface area contributed by atoms with Gasteiger partial charge in [0.05, 0.1) is 6.61 Å². The third kappa shape index (κ3) is 5.57. The van der Waals surface area contributed by atoms with Gasteiger partial charge < -0.3 is 26.8 Å². The summed E-state index contributed by atoms with van der Waals surface area (Å²) in [6.07, 6.45) is 0.202. The number of nitrogen functional groups attached to an aromatic ring is 2. The molecule has 1 aromatic rings. The van der Waals surface area contributed by atoms with E-state index in [4.69, 9.17) is 16.2 Å². The lowest BCUT2D eigenvalue weighted by atomic mass is 10.1. The second-order valence-electron chi connectivity index (χ2n) is 4.24. The molecule has 0 saturated carbocycles. The van der Waals surface area contributed by atoms with Crippen LogP contribution in [0.2, 0.25) is 0 Å². The van der Waals surface area contributed by atoms with Gasteiger partial charge in [0.1, 0.15) is 0 Å². The number of anilines is 2. The lowest BCUT2D eigenvalue weighted by Crippen LogP contribution is -2.32. The van der Waals surface area contributed by atoms with Crippen molar-refractivity contribution in [3.63, 3.8) is 0 Å². The summed E-state index contributed by atoms with van der Waals surface area (Å²) in [7, 11) is 1.56. The van der Waals surface area contributed by atoms with E-state index in [0.29, 0.717) is 30.1 Å². The van der Waals surface area contributed by atoms with Crippen LogP contribution in [0.25, 0.3) is 0 Å². The molecule has 0 fully saturated rings. The Labute approximate surface area is 117 Å². The van der Waals surface area contributed by atoms with Crippen molar-refractivity contribution in [2.45, 2.75) is 6.42 Å². The van der Waals surface area contributed by atoms with Gasteiger partial charge in [-0.3, -0.25) is 9.59 Å². The largest absolute Gasteiger partial charge is 0.399 e. The number of methoxy groups -OCH3 is 1. The molecule has 0 bridgehead atoms. The van der Waals surface area contributed by atoms with Gasteiger partial charge in [-0.15, -0.1) is 0 Å². The molecule has 0 radical (unpaired) electrons. The number of benzene rings is 1. The van der Waals surface area contributed by atoms with Crippen LogP contribution in [-0.2, 0) is 9.53 Å². The minimum Gasteiger partial charge on any atom is -0.399 e. The van der Waals surface area contributed by atoms with Gasteiger partial charge in [-0.05, 0) is 18.2 Å². The molecule has 0 aliphatic rings. The molecule has 6 N–H and O–H groups in total. The van der Waals surface area contributed by atoms with Crippen LogP contribution in [0.15, 0.2) is 18.2 Å². The summed E-state index contributed by atoms with van der Waals surface area (Å²) >= 11 is 0. The Hall–Kier alpha value is -2.28. The molecule has 0 spiro atoms. The average Bonchev–Trinajstić information content (AvgIpc) is 2.37.